The summed E-state index contributed by atoms with van der Waals surface area (Å²) in [4.78, 5) is 0. The van der Waals surface area contributed by atoms with Crippen molar-refractivity contribution in [3.05, 3.63) is 41.3 Å². The van der Waals surface area contributed by atoms with Crippen molar-refractivity contribution in [2.24, 2.45) is 0 Å². The smallest absolute Gasteiger partial charge is 0.181 e. The van der Waals surface area contributed by atoms with Crippen LogP contribution < -0.4 is 18.4 Å². The van der Waals surface area contributed by atoms with Gasteiger partial charge in [-0.3, -0.25) is 0 Å². The molecule has 148 valence electrons. The first-order chi connectivity index (χ1) is 13.5. The number of nitrogens with zero attached hydrogens (tertiary/aromatic N) is 1. The Morgan fingerprint density at radius 2 is 1.68 bits per heavy atom. The van der Waals surface area contributed by atoms with E-state index in [-0.39, 0.29) is 5.75 Å². The Kier molecular flexibility index (Phi) is 6.18. The Hall–Kier alpha value is -2.62. The molecular formula is C19H18NO6S2-. The van der Waals surface area contributed by atoms with Crippen LogP contribution in [0.1, 0.15) is 5.56 Å². The average molecular weight is 420 g/mol. The van der Waals surface area contributed by atoms with Crippen LogP contribution in [0.25, 0.3) is 22.4 Å². The van der Waals surface area contributed by atoms with Crippen molar-refractivity contribution in [3.8, 4) is 45.4 Å². The van der Waals surface area contributed by atoms with Gasteiger partial charge in [0.15, 0.2) is 23.0 Å². The minimum absolute atomic E-state index is 0.106. The van der Waals surface area contributed by atoms with E-state index in [1.807, 2.05) is 30.5 Å². The standard InChI is InChI=1S/C19H19NO6S2/c1-11-7-13(9-17(24-3)19(11)25-4)18-14(10-27-20-18)12-5-6-15(23-2)16(8-12)26-28(21)22/h5-10H,1-4H3,(H,21,22)/p-1. The third kappa shape index (κ3) is 3.96. The summed E-state index contributed by atoms with van der Waals surface area (Å²) < 4.78 is 47.3. The van der Waals surface area contributed by atoms with Gasteiger partial charge in [0.05, 0.1) is 27.0 Å². The molecule has 0 fully saturated rings. The Morgan fingerprint density at radius 1 is 0.964 bits per heavy atom. The van der Waals surface area contributed by atoms with Crippen LogP contribution in [0, 0.1) is 6.92 Å². The van der Waals surface area contributed by atoms with Gasteiger partial charge in [0.2, 0.25) is 0 Å². The maximum atomic E-state index is 11.0. The summed E-state index contributed by atoms with van der Waals surface area (Å²) in [7, 11) is 4.62. The molecular weight excluding hydrogens is 402 g/mol. The molecule has 0 N–H and O–H groups in total. The van der Waals surface area contributed by atoms with Gasteiger partial charge in [-0.1, -0.05) is 6.07 Å². The summed E-state index contributed by atoms with van der Waals surface area (Å²) >= 11 is -1.41. The van der Waals surface area contributed by atoms with Crippen molar-refractivity contribution in [1.29, 1.82) is 0 Å². The second-order valence-electron chi connectivity index (χ2n) is 5.76. The zero-order chi connectivity index (χ0) is 20.3. The SMILES string of the molecule is COc1ccc(-c2csnc2-c2cc(C)c(OC)c(OC)c2)cc1OS(=O)[O-]. The van der Waals surface area contributed by atoms with Crippen molar-refractivity contribution in [3.63, 3.8) is 0 Å². The molecule has 1 aromatic heterocycles. The number of aromatic nitrogens is 1. The van der Waals surface area contributed by atoms with Gasteiger partial charge >= 0.3 is 0 Å². The normalized spacial score (nSPS) is 11.8. The molecule has 7 nitrogen and oxygen atoms in total. The van der Waals surface area contributed by atoms with Crippen molar-refractivity contribution in [2.75, 3.05) is 21.3 Å². The second-order valence-corrected chi connectivity index (χ2v) is 6.96. The van der Waals surface area contributed by atoms with E-state index in [0.29, 0.717) is 17.2 Å². The van der Waals surface area contributed by atoms with Crippen LogP contribution in [-0.4, -0.2) is 34.5 Å². The molecule has 0 saturated heterocycles. The monoisotopic (exact) mass is 420 g/mol. The van der Waals surface area contributed by atoms with Crippen LogP contribution in [0.3, 0.4) is 0 Å². The predicted octanol–water partition coefficient (Wildman–Crippen LogP) is 3.98. The zero-order valence-corrected chi connectivity index (χ0v) is 17.3. The van der Waals surface area contributed by atoms with Crippen LogP contribution >= 0.6 is 11.5 Å². The average Bonchev–Trinajstić information content (AvgIpc) is 3.16. The van der Waals surface area contributed by atoms with E-state index in [9.17, 15) is 8.76 Å². The van der Waals surface area contributed by atoms with Crippen LogP contribution in [0.4, 0.5) is 0 Å². The third-order valence-corrected chi connectivity index (χ3v) is 5.08. The van der Waals surface area contributed by atoms with Gasteiger partial charge in [0, 0.05) is 16.5 Å². The van der Waals surface area contributed by atoms with Crippen molar-refractivity contribution in [1.82, 2.24) is 4.37 Å². The van der Waals surface area contributed by atoms with E-state index in [1.54, 1.807) is 26.4 Å². The quantitative estimate of drug-likeness (QED) is 0.534. The lowest BCUT2D eigenvalue weighted by molar-refractivity contribution is 0.353. The summed E-state index contributed by atoms with van der Waals surface area (Å²) in [6.07, 6.45) is 0. The fourth-order valence-electron chi connectivity index (χ4n) is 2.92. The number of aryl methyl sites for hydroxylation is 1. The highest BCUT2D eigenvalue weighted by Gasteiger charge is 2.17. The topological polar surface area (TPSA) is 89.9 Å². The van der Waals surface area contributed by atoms with E-state index in [4.69, 9.17) is 18.4 Å². The summed E-state index contributed by atoms with van der Waals surface area (Å²) in [5, 5.41) is 1.89. The number of methoxy groups -OCH3 is 3. The van der Waals surface area contributed by atoms with Crippen molar-refractivity contribution >= 4 is 22.9 Å². The molecule has 1 heterocycles. The largest absolute Gasteiger partial charge is 0.740 e. The third-order valence-electron chi connectivity index (χ3n) is 4.14. The molecule has 0 amide bonds. The van der Waals surface area contributed by atoms with Gasteiger partial charge < -0.3 is 22.9 Å². The first kappa shape index (κ1) is 20.1. The van der Waals surface area contributed by atoms with Crippen LogP contribution in [0.15, 0.2) is 35.7 Å². The number of benzene rings is 2. The fourth-order valence-corrected chi connectivity index (χ4v) is 3.92. The first-order valence-corrected chi connectivity index (χ1v) is 9.95. The fraction of sp³-hybridized carbons (Fsp3) is 0.211. The lowest BCUT2D eigenvalue weighted by Crippen LogP contribution is -2.00. The number of rotatable bonds is 7. The molecule has 0 saturated carbocycles. The molecule has 0 radical (unpaired) electrons. The Morgan fingerprint density at radius 3 is 2.32 bits per heavy atom. The maximum absolute atomic E-state index is 11.0. The molecule has 1 atom stereocenters. The van der Waals surface area contributed by atoms with Crippen molar-refractivity contribution in [2.45, 2.75) is 6.92 Å². The summed E-state index contributed by atoms with van der Waals surface area (Å²) in [6, 6.07) is 8.90. The van der Waals surface area contributed by atoms with Crippen LogP contribution in [0.5, 0.6) is 23.0 Å². The van der Waals surface area contributed by atoms with Crippen LogP contribution in [0.2, 0.25) is 0 Å². The number of ether oxygens (including phenoxy) is 3. The summed E-state index contributed by atoms with van der Waals surface area (Å²) in [5.74, 6) is 1.70. The lowest BCUT2D eigenvalue weighted by Gasteiger charge is -2.14. The Labute approximate surface area is 169 Å². The molecule has 9 heteroatoms. The van der Waals surface area contributed by atoms with Gasteiger partial charge in [0.25, 0.3) is 0 Å². The van der Waals surface area contributed by atoms with E-state index in [0.717, 1.165) is 27.9 Å². The predicted molar refractivity (Wildman–Crippen MR) is 107 cm³/mol. The molecule has 3 rings (SSSR count). The highest BCUT2D eigenvalue weighted by molar-refractivity contribution is 7.74. The van der Waals surface area contributed by atoms with Gasteiger partial charge in [-0.25, -0.2) is 4.21 Å². The van der Waals surface area contributed by atoms with E-state index in [1.165, 1.54) is 18.6 Å². The molecule has 0 spiro atoms. The molecule has 0 aliphatic carbocycles. The Bertz CT molecular complexity index is 1020. The molecule has 3 aromatic rings. The minimum Gasteiger partial charge on any atom is -0.740 e. The number of hydrogen-bond donors (Lipinski definition) is 0. The highest BCUT2D eigenvalue weighted by atomic mass is 32.2. The van der Waals surface area contributed by atoms with Gasteiger partial charge in [-0.2, -0.15) is 4.37 Å². The molecule has 0 bridgehead atoms. The van der Waals surface area contributed by atoms with Crippen LogP contribution in [-0.2, 0) is 11.4 Å². The van der Waals surface area contributed by atoms with E-state index >= 15 is 0 Å². The maximum Gasteiger partial charge on any atom is 0.181 e. The van der Waals surface area contributed by atoms with E-state index < -0.39 is 11.4 Å². The van der Waals surface area contributed by atoms with E-state index in [2.05, 4.69) is 4.37 Å². The second kappa shape index (κ2) is 8.59. The van der Waals surface area contributed by atoms with Crippen molar-refractivity contribution < 1.29 is 27.2 Å². The molecule has 1 unspecified atom stereocenters. The van der Waals surface area contributed by atoms with Gasteiger partial charge in [-0.05, 0) is 53.8 Å². The molecule has 2 aromatic carbocycles. The number of hydrogen-bond acceptors (Lipinski definition) is 8. The Balaban J connectivity index is 2.10. The first-order valence-electron chi connectivity index (χ1n) is 8.11. The minimum atomic E-state index is -2.71. The highest BCUT2D eigenvalue weighted by Crippen LogP contribution is 2.41. The molecule has 0 aliphatic rings. The summed E-state index contributed by atoms with van der Waals surface area (Å²) in [5.41, 5.74) is 4.10. The zero-order valence-electron chi connectivity index (χ0n) is 15.7. The van der Waals surface area contributed by atoms with Gasteiger partial charge in [0.1, 0.15) is 11.4 Å². The lowest BCUT2D eigenvalue weighted by atomic mass is 9.99. The van der Waals surface area contributed by atoms with Gasteiger partial charge in [-0.15, -0.1) is 0 Å². The summed E-state index contributed by atoms with van der Waals surface area (Å²) in [6.45, 7) is 1.93. The molecule has 28 heavy (non-hydrogen) atoms. The molecule has 0 aliphatic heterocycles.